The zero-order valence-electron chi connectivity index (χ0n) is 22.0. The van der Waals surface area contributed by atoms with Crippen molar-refractivity contribution >= 4 is 5.97 Å². The van der Waals surface area contributed by atoms with E-state index in [1.54, 1.807) is 0 Å². The fourth-order valence-electron chi connectivity index (χ4n) is 5.32. The van der Waals surface area contributed by atoms with Crippen LogP contribution in [0.5, 0.6) is 0 Å². The number of carbonyl (C=O) groups is 1. The molecule has 0 radical (unpaired) electrons. The molecule has 0 N–H and O–H groups in total. The Morgan fingerprint density at radius 3 is 1.88 bits per heavy atom. The zero-order valence-corrected chi connectivity index (χ0v) is 22.0. The first-order chi connectivity index (χ1) is 16.2. The van der Waals surface area contributed by atoms with Crippen LogP contribution in [0.2, 0.25) is 0 Å². The number of carbonyl (C=O) groups excluding carboxylic acids is 1. The van der Waals surface area contributed by atoms with Crippen molar-refractivity contribution in [2.24, 2.45) is 5.92 Å². The summed E-state index contributed by atoms with van der Waals surface area (Å²) in [4.78, 5) is 11.7. The number of esters is 1. The van der Waals surface area contributed by atoms with Crippen molar-refractivity contribution < 1.29 is 19.0 Å². The zero-order chi connectivity index (χ0) is 23.6. The van der Waals surface area contributed by atoms with Gasteiger partial charge in [0.05, 0.1) is 12.0 Å². The SMILES string of the molecule is CCCCCCCCCCCCCCCCCC(C[C@@H]1OC(=O)[C@H]1CC)O[C@H]1CCCCO1. The minimum atomic E-state index is -0.0593. The Bertz CT molecular complexity index is 474. The lowest BCUT2D eigenvalue weighted by molar-refractivity contribution is -0.210. The molecule has 4 atom stereocenters. The third kappa shape index (κ3) is 12.6. The molecule has 0 aliphatic carbocycles. The molecule has 4 nitrogen and oxygen atoms in total. The van der Waals surface area contributed by atoms with Gasteiger partial charge < -0.3 is 14.2 Å². The van der Waals surface area contributed by atoms with Crippen LogP contribution in [0.25, 0.3) is 0 Å². The van der Waals surface area contributed by atoms with Gasteiger partial charge in [0.2, 0.25) is 0 Å². The number of cyclic esters (lactones) is 1. The van der Waals surface area contributed by atoms with Crippen LogP contribution in [0.3, 0.4) is 0 Å². The van der Waals surface area contributed by atoms with E-state index in [1.807, 2.05) is 0 Å². The van der Waals surface area contributed by atoms with Gasteiger partial charge in [-0.3, -0.25) is 4.79 Å². The first-order valence-corrected chi connectivity index (χ1v) is 14.7. The number of rotatable bonds is 21. The van der Waals surface area contributed by atoms with Crippen molar-refractivity contribution in [3.8, 4) is 0 Å². The monoisotopic (exact) mass is 466 g/mol. The van der Waals surface area contributed by atoms with Gasteiger partial charge in [-0.1, -0.05) is 110 Å². The van der Waals surface area contributed by atoms with Crippen LogP contribution in [-0.2, 0) is 19.0 Å². The van der Waals surface area contributed by atoms with Crippen molar-refractivity contribution in [2.75, 3.05) is 6.61 Å². The average molecular weight is 467 g/mol. The van der Waals surface area contributed by atoms with Gasteiger partial charge in [0.15, 0.2) is 6.29 Å². The summed E-state index contributed by atoms with van der Waals surface area (Å²) in [7, 11) is 0. The van der Waals surface area contributed by atoms with E-state index in [4.69, 9.17) is 14.2 Å². The highest BCUT2D eigenvalue weighted by Gasteiger charge is 2.42. The summed E-state index contributed by atoms with van der Waals surface area (Å²) in [5.41, 5.74) is 0. The van der Waals surface area contributed by atoms with Gasteiger partial charge in [0.25, 0.3) is 0 Å². The summed E-state index contributed by atoms with van der Waals surface area (Å²) in [5, 5.41) is 0. The third-order valence-corrected chi connectivity index (χ3v) is 7.57. The molecule has 0 aromatic rings. The Balaban J connectivity index is 1.47. The molecule has 33 heavy (non-hydrogen) atoms. The molecule has 2 heterocycles. The molecule has 2 aliphatic heterocycles. The van der Waals surface area contributed by atoms with Crippen molar-refractivity contribution in [1.82, 2.24) is 0 Å². The van der Waals surface area contributed by atoms with Gasteiger partial charge in [0, 0.05) is 13.0 Å². The van der Waals surface area contributed by atoms with Crippen LogP contribution in [-0.4, -0.2) is 31.1 Å². The molecule has 0 spiro atoms. The van der Waals surface area contributed by atoms with E-state index in [2.05, 4.69) is 13.8 Å². The van der Waals surface area contributed by atoms with Crippen LogP contribution in [0.1, 0.15) is 149 Å². The number of hydrogen-bond donors (Lipinski definition) is 0. The lowest BCUT2D eigenvalue weighted by atomic mass is 9.89. The summed E-state index contributed by atoms with van der Waals surface area (Å²) in [6.07, 6.45) is 27.0. The lowest BCUT2D eigenvalue weighted by Gasteiger charge is -2.37. The molecule has 0 aromatic carbocycles. The molecule has 2 saturated heterocycles. The summed E-state index contributed by atoms with van der Waals surface area (Å²) in [6, 6.07) is 0. The van der Waals surface area contributed by atoms with Crippen LogP contribution >= 0.6 is 0 Å². The second kappa shape index (κ2) is 18.7. The quantitative estimate of drug-likeness (QED) is 0.126. The third-order valence-electron chi connectivity index (χ3n) is 7.57. The Kier molecular flexibility index (Phi) is 16.2. The number of unbranched alkanes of at least 4 members (excludes halogenated alkanes) is 14. The minimum Gasteiger partial charge on any atom is -0.461 e. The first-order valence-electron chi connectivity index (χ1n) is 14.7. The molecule has 0 amide bonds. The van der Waals surface area contributed by atoms with Gasteiger partial charge in [-0.2, -0.15) is 0 Å². The van der Waals surface area contributed by atoms with Crippen LogP contribution in [0.15, 0.2) is 0 Å². The number of ether oxygens (including phenoxy) is 3. The molecule has 0 bridgehead atoms. The van der Waals surface area contributed by atoms with E-state index in [0.29, 0.717) is 0 Å². The van der Waals surface area contributed by atoms with E-state index in [-0.39, 0.29) is 30.4 Å². The Morgan fingerprint density at radius 1 is 0.818 bits per heavy atom. The molecular weight excluding hydrogens is 412 g/mol. The van der Waals surface area contributed by atoms with Crippen molar-refractivity contribution in [3.63, 3.8) is 0 Å². The van der Waals surface area contributed by atoms with Gasteiger partial charge in [-0.05, 0) is 32.1 Å². The molecule has 4 heteroatoms. The molecule has 194 valence electrons. The maximum atomic E-state index is 11.7. The van der Waals surface area contributed by atoms with E-state index in [0.717, 1.165) is 38.7 Å². The maximum Gasteiger partial charge on any atom is 0.313 e. The Labute approximate surface area is 204 Å². The summed E-state index contributed by atoms with van der Waals surface area (Å²) >= 11 is 0. The number of hydrogen-bond acceptors (Lipinski definition) is 4. The van der Waals surface area contributed by atoms with Crippen LogP contribution < -0.4 is 0 Å². The predicted molar refractivity (Wildman–Crippen MR) is 136 cm³/mol. The van der Waals surface area contributed by atoms with Crippen molar-refractivity contribution in [2.45, 2.75) is 167 Å². The molecule has 2 fully saturated rings. The first kappa shape index (κ1) is 28.6. The largest absolute Gasteiger partial charge is 0.461 e. The minimum absolute atomic E-state index is 0.0258. The fourth-order valence-corrected chi connectivity index (χ4v) is 5.32. The highest BCUT2D eigenvalue weighted by Crippen LogP contribution is 2.31. The lowest BCUT2D eigenvalue weighted by Crippen LogP contribution is -2.47. The van der Waals surface area contributed by atoms with E-state index >= 15 is 0 Å². The molecular formula is C29H54O4. The summed E-state index contributed by atoms with van der Waals surface area (Å²) in [6.45, 7) is 5.18. The van der Waals surface area contributed by atoms with Gasteiger partial charge in [-0.25, -0.2) is 0 Å². The molecule has 2 rings (SSSR count). The smallest absolute Gasteiger partial charge is 0.313 e. The van der Waals surface area contributed by atoms with E-state index in [1.165, 1.54) is 103 Å². The second-order valence-corrected chi connectivity index (χ2v) is 10.5. The van der Waals surface area contributed by atoms with Gasteiger partial charge in [0.1, 0.15) is 6.10 Å². The van der Waals surface area contributed by atoms with Gasteiger partial charge >= 0.3 is 5.97 Å². The second-order valence-electron chi connectivity index (χ2n) is 10.5. The fraction of sp³-hybridized carbons (Fsp3) is 0.966. The Morgan fingerprint density at radius 2 is 1.39 bits per heavy atom. The molecule has 2 aliphatic rings. The average Bonchev–Trinajstić information content (AvgIpc) is 2.82. The van der Waals surface area contributed by atoms with E-state index in [9.17, 15) is 4.79 Å². The summed E-state index contributed by atoms with van der Waals surface area (Å²) in [5.74, 6) is 0.0478. The predicted octanol–water partition coefficient (Wildman–Crippen LogP) is 8.50. The van der Waals surface area contributed by atoms with Crippen LogP contribution in [0.4, 0.5) is 0 Å². The normalized spacial score (nSPS) is 23.8. The summed E-state index contributed by atoms with van der Waals surface area (Å²) < 4.78 is 17.6. The maximum absolute atomic E-state index is 11.7. The highest BCUT2D eigenvalue weighted by molar-refractivity contribution is 5.78. The van der Waals surface area contributed by atoms with E-state index < -0.39 is 0 Å². The molecule has 0 saturated carbocycles. The van der Waals surface area contributed by atoms with Gasteiger partial charge in [-0.15, -0.1) is 0 Å². The van der Waals surface area contributed by atoms with Crippen molar-refractivity contribution in [3.05, 3.63) is 0 Å². The van der Waals surface area contributed by atoms with Crippen molar-refractivity contribution in [1.29, 1.82) is 0 Å². The topological polar surface area (TPSA) is 44.8 Å². The molecule has 1 unspecified atom stereocenters. The standard InChI is InChI=1S/C29H54O4/c1-3-5-6-7-8-9-10-11-12-13-14-15-16-17-18-21-25(32-28-22-19-20-23-31-28)24-27-26(4-2)29(30)33-27/h25-28H,3-24H2,1-2H3/t25?,26-,27-,28-/m0/s1. The van der Waals surface area contributed by atoms with Crippen LogP contribution in [0, 0.1) is 5.92 Å². The Hall–Kier alpha value is -0.610. The molecule has 0 aromatic heterocycles. The highest BCUT2D eigenvalue weighted by atomic mass is 16.7.